The SMILES string of the molecule is Cc1ccc(O)c(C)c1-n1c(N)c(C(N)=O)c2cc(C(N)=O)c3ncnn3c21. The van der Waals surface area contributed by atoms with Gasteiger partial charge in [0.1, 0.15) is 17.9 Å². The van der Waals surface area contributed by atoms with Gasteiger partial charge >= 0.3 is 0 Å². The number of carbonyl (C=O) groups excluding carboxylic acids is 2. The maximum Gasteiger partial charge on any atom is 0.253 e. The minimum atomic E-state index is -0.772. The second-order valence-corrected chi connectivity index (χ2v) is 6.49. The van der Waals surface area contributed by atoms with Crippen molar-refractivity contribution in [1.82, 2.24) is 19.2 Å². The molecule has 0 aliphatic carbocycles. The number of carbonyl (C=O) groups is 2. The van der Waals surface area contributed by atoms with E-state index in [0.29, 0.717) is 22.3 Å². The number of fused-ring (bicyclic) bond motifs is 3. The number of nitrogen functional groups attached to an aromatic ring is 1. The Morgan fingerprint density at radius 2 is 1.86 bits per heavy atom. The Morgan fingerprint density at radius 3 is 2.50 bits per heavy atom. The minimum Gasteiger partial charge on any atom is -0.508 e. The Labute approximate surface area is 158 Å². The number of hydrogen-bond acceptors (Lipinski definition) is 6. The molecular formula is C18H17N7O3. The molecule has 4 rings (SSSR count). The summed E-state index contributed by atoms with van der Waals surface area (Å²) in [6.07, 6.45) is 1.26. The van der Waals surface area contributed by atoms with Gasteiger partial charge in [0.2, 0.25) is 0 Å². The molecule has 0 unspecified atom stereocenters. The summed E-state index contributed by atoms with van der Waals surface area (Å²) in [5.74, 6) is -1.39. The highest BCUT2D eigenvalue weighted by Gasteiger charge is 2.27. The first-order valence-corrected chi connectivity index (χ1v) is 8.29. The number of aromatic nitrogens is 4. The van der Waals surface area contributed by atoms with Crippen LogP contribution < -0.4 is 17.2 Å². The van der Waals surface area contributed by atoms with Gasteiger partial charge in [-0.2, -0.15) is 9.61 Å². The van der Waals surface area contributed by atoms with Crippen molar-refractivity contribution >= 4 is 34.3 Å². The number of pyridine rings is 1. The molecule has 0 atom stereocenters. The van der Waals surface area contributed by atoms with Gasteiger partial charge in [0.25, 0.3) is 11.8 Å². The molecular weight excluding hydrogens is 362 g/mol. The summed E-state index contributed by atoms with van der Waals surface area (Å²) in [4.78, 5) is 28.2. The third-order valence-electron chi connectivity index (χ3n) is 4.84. The van der Waals surface area contributed by atoms with Crippen LogP contribution in [0.3, 0.4) is 0 Å². The highest BCUT2D eigenvalue weighted by Crippen LogP contribution is 2.37. The quantitative estimate of drug-likeness (QED) is 0.410. The van der Waals surface area contributed by atoms with Crippen LogP contribution in [0.15, 0.2) is 24.5 Å². The van der Waals surface area contributed by atoms with Gasteiger partial charge in [0.05, 0.1) is 16.8 Å². The Hall–Kier alpha value is -4.08. The van der Waals surface area contributed by atoms with Crippen molar-refractivity contribution in [2.75, 3.05) is 5.73 Å². The molecule has 142 valence electrons. The lowest BCUT2D eigenvalue weighted by molar-refractivity contribution is 0.0992. The molecule has 28 heavy (non-hydrogen) atoms. The molecule has 0 bridgehead atoms. The van der Waals surface area contributed by atoms with E-state index in [0.717, 1.165) is 5.56 Å². The number of phenols is 1. The number of primary amides is 2. The molecule has 0 aliphatic heterocycles. The Balaban J connectivity index is 2.32. The fraction of sp³-hybridized carbons (Fsp3) is 0.111. The fourth-order valence-corrected chi connectivity index (χ4v) is 3.57. The Kier molecular flexibility index (Phi) is 3.54. The maximum atomic E-state index is 12.2. The van der Waals surface area contributed by atoms with E-state index >= 15 is 0 Å². The molecule has 0 spiro atoms. The Morgan fingerprint density at radius 1 is 1.14 bits per heavy atom. The van der Waals surface area contributed by atoms with Crippen LogP contribution in [-0.2, 0) is 0 Å². The van der Waals surface area contributed by atoms with Crippen LogP contribution in [0.1, 0.15) is 31.8 Å². The largest absolute Gasteiger partial charge is 0.508 e. The third kappa shape index (κ3) is 2.14. The predicted octanol–water partition coefficient (Wildman–Crippen LogP) is 0.776. The number of amides is 2. The molecule has 3 heterocycles. The molecule has 7 N–H and O–H groups in total. The smallest absolute Gasteiger partial charge is 0.253 e. The van der Waals surface area contributed by atoms with E-state index in [-0.39, 0.29) is 28.3 Å². The van der Waals surface area contributed by atoms with Crippen molar-refractivity contribution in [1.29, 1.82) is 0 Å². The summed E-state index contributed by atoms with van der Waals surface area (Å²) in [6.45, 7) is 3.57. The van der Waals surface area contributed by atoms with E-state index in [1.165, 1.54) is 16.9 Å². The highest BCUT2D eigenvalue weighted by molar-refractivity contribution is 6.13. The van der Waals surface area contributed by atoms with Crippen LogP contribution >= 0.6 is 0 Å². The number of benzene rings is 1. The zero-order chi connectivity index (χ0) is 20.3. The number of hydrogen-bond donors (Lipinski definition) is 4. The summed E-state index contributed by atoms with van der Waals surface area (Å²) in [5, 5.41) is 14.7. The van der Waals surface area contributed by atoms with Crippen LogP contribution in [0.25, 0.3) is 22.4 Å². The predicted molar refractivity (Wildman–Crippen MR) is 102 cm³/mol. The van der Waals surface area contributed by atoms with Gasteiger partial charge < -0.3 is 22.3 Å². The second kappa shape index (κ2) is 5.71. The Bertz CT molecular complexity index is 1320. The van der Waals surface area contributed by atoms with Crippen LogP contribution in [0, 0.1) is 13.8 Å². The van der Waals surface area contributed by atoms with Crippen LogP contribution in [-0.4, -0.2) is 36.1 Å². The second-order valence-electron chi connectivity index (χ2n) is 6.49. The molecule has 3 aromatic heterocycles. The molecule has 0 aliphatic rings. The number of anilines is 1. The van der Waals surface area contributed by atoms with E-state index in [4.69, 9.17) is 17.2 Å². The first kappa shape index (κ1) is 17.3. The molecule has 0 saturated heterocycles. The van der Waals surface area contributed by atoms with Crippen molar-refractivity contribution in [3.63, 3.8) is 0 Å². The average Bonchev–Trinajstić information content (AvgIpc) is 3.20. The molecule has 4 aromatic rings. The molecule has 10 heteroatoms. The van der Waals surface area contributed by atoms with E-state index in [1.54, 1.807) is 23.6 Å². The number of nitrogens with two attached hydrogens (primary N) is 3. The number of aryl methyl sites for hydroxylation is 1. The van der Waals surface area contributed by atoms with Gasteiger partial charge in [0.15, 0.2) is 11.3 Å². The number of rotatable bonds is 3. The monoisotopic (exact) mass is 379 g/mol. The summed E-state index contributed by atoms with van der Waals surface area (Å²) in [5.41, 5.74) is 20.0. The lowest BCUT2D eigenvalue weighted by Crippen LogP contribution is -2.15. The summed E-state index contributed by atoms with van der Waals surface area (Å²) >= 11 is 0. The van der Waals surface area contributed by atoms with Crippen LogP contribution in [0.5, 0.6) is 5.75 Å². The van der Waals surface area contributed by atoms with Crippen molar-refractivity contribution in [3.05, 3.63) is 46.8 Å². The number of nitrogens with zero attached hydrogens (tertiary/aromatic N) is 4. The van der Waals surface area contributed by atoms with E-state index in [2.05, 4.69) is 10.1 Å². The average molecular weight is 379 g/mol. The minimum absolute atomic E-state index is 0.0250. The maximum absolute atomic E-state index is 12.2. The summed E-state index contributed by atoms with van der Waals surface area (Å²) in [7, 11) is 0. The van der Waals surface area contributed by atoms with Gasteiger partial charge in [-0.15, -0.1) is 0 Å². The summed E-state index contributed by atoms with van der Waals surface area (Å²) in [6, 6.07) is 4.73. The van der Waals surface area contributed by atoms with Crippen molar-refractivity contribution in [2.45, 2.75) is 13.8 Å². The van der Waals surface area contributed by atoms with E-state index in [1.807, 2.05) is 6.92 Å². The standard InChI is InChI=1S/C18H17N7O3/c1-7-3-4-11(26)8(2)13(7)24-14(19)12(16(21)28)9-5-10(15(20)27)17-22-6-23-25(17)18(9)24/h3-6,26H,19H2,1-2H3,(H2,20,27)(H2,21,28). The first-order valence-electron chi connectivity index (χ1n) is 8.29. The normalized spacial score (nSPS) is 11.4. The lowest BCUT2D eigenvalue weighted by atomic mass is 10.1. The molecule has 2 amide bonds. The van der Waals surface area contributed by atoms with Gasteiger partial charge in [-0.1, -0.05) is 6.07 Å². The van der Waals surface area contributed by atoms with Gasteiger partial charge in [0, 0.05) is 10.9 Å². The lowest BCUT2D eigenvalue weighted by Gasteiger charge is -2.16. The molecule has 0 saturated carbocycles. The van der Waals surface area contributed by atoms with E-state index < -0.39 is 11.8 Å². The zero-order valence-corrected chi connectivity index (χ0v) is 15.1. The first-order chi connectivity index (χ1) is 13.2. The fourth-order valence-electron chi connectivity index (χ4n) is 3.57. The summed E-state index contributed by atoms with van der Waals surface area (Å²) < 4.78 is 2.95. The topological polar surface area (TPSA) is 168 Å². The molecule has 0 fully saturated rings. The van der Waals surface area contributed by atoms with Crippen molar-refractivity contribution < 1.29 is 14.7 Å². The van der Waals surface area contributed by atoms with Crippen LogP contribution in [0.4, 0.5) is 5.82 Å². The number of phenolic OH excluding ortho intramolecular Hbond substituents is 1. The van der Waals surface area contributed by atoms with Crippen LogP contribution in [0.2, 0.25) is 0 Å². The number of aromatic hydroxyl groups is 1. The van der Waals surface area contributed by atoms with E-state index in [9.17, 15) is 14.7 Å². The van der Waals surface area contributed by atoms with Gasteiger partial charge in [-0.3, -0.25) is 14.2 Å². The highest BCUT2D eigenvalue weighted by atomic mass is 16.3. The van der Waals surface area contributed by atoms with Gasteiger partial charge in [-0.05, 0) is 31.5 Å². The molecule has 0 radical (unpaired) electrons. The third-order valence-corrected chi connectivity index (χ3v) is 4.84. The zero-order valence-electron chi connectivity index (χ0n) is 15.1. The molecule has 1 aromatic carbocycles. The van der Waals surface area contributed by atoms with Crippen molar-refractivity contribution in [2.24, 2.45) is 11.5 Å². The van der Waals surface area contributed by atoms with Crippen molar-refractivity contribution in [3.8, 4) is 11.4 Å². The van der Waals surface area contributed by atoms with Gasteiger partial charge in [-0.25, -0.2) is 4.98 Å². The molecule has 10 nitrogen and oxygen atoms in total.